The molecule has 8 heteroatoms. The molecule has 1 N–H and O–H groups in total. The highest BCUT2D eigenvalue weighted by molar-refractivity contribution is 7.16. The zero-order valence-corrected chi connectivity index (χ0v) is 17.6. The van der Waals surface area contributed by atoms with Crippen LogP contribution < -0.4 is 10.1 Å². The van der Waals surface area contributed by atoms with Crippen LogP contribution in [0.25, 0.3) is 10.2 Å². The van der Waals surface area contributed by atoms with E-state index in [2.05, 4.69) is 27.1 Å². The van der Waals surface area contributed by atoms with Crippen molar-refractivity contribution in [2.75, 3.05) is 6.67 Å². The molecule has 3 aromatic rings. The summed E-state index contributed by atoms with van der Waals surface area (Å²) < 4.78 is 20.3. The van der Waals surface area contributed by atoms with Gasteiger partial charge in [-0.3, -0.25) is 0 Å². The Bertz CT molecular complexity index is 1200. The lowest BCUT2D eigenvalue weighted by atomic mass is 10.1. The Morgan fingerprint density at radius 2 is 1.90 bits per heavy atom. The van der Waals surface area contributed by atoms with E-state index in [0.29, 0.717) is 18.3 Å². The second-order valence-electron chi connectivity index (χ2n) is 7.10. The fraction of sp³-hybridized carbons (Fsp3) is 0.130. The van der Waals surface area contributed by atoms with Crippen LogP contribution in [0, 0.1) is 5.82 Å². The van der Waals surface area contributed by atoms with Crippen molar-refractivity contribution in [2.45, 2.75) is 13.0 Å². The van der Waals surface area contributed by atoms with Crippen LogP contribution in [0.5, 0.6) is 5.75 Å². The third-order valence-corrected chi connectivity index (χ3v) is 5.96. The smallest absolute Gasteiger partial charge is 0.220 e. The Labute approximate surface area is 183 Å². The van der Waals surface area contributed by atoms with Crippen LogP contribution in [-0.2, 0) is 0 Å². The van der Waals surface area contributed by atoms with Gasteiger partial charge < -0.3 is 19.9 Å². The maximum atomic E-state index is 13.2. The maximum absolute atomic E-state index is 13.2. The molecule has 0 radical (unpaired) electrons. The number of ether oxygens (including phenoxy) is 1. The molecule has 2 aliphatic heterocycles. The highest BCUT2D eigenvalue weighted by Crippen LogP contribution is 2.28. The Morgan fingerprint density at radius 3 is 2.71 bits per heavy atom. The summed E-state index contributed by atoms with van der Waals surface area (Å²) in [6.45, 7) is 2.50. The van der Waals surface area contributed by atoms with Crippen molar-refractivity contribution in [3.63, 3.8) is 0 Å². The zero-order chi connectivity index (χ0) is 21.2. The van der Waals surface area contributed by atoms with Crippen LogP contribution in [0.3, 0.4) is 0 Å². The molecule has 31 heavy (non-hydrogen) atoms. The summed E-state index contributed by atoms with van der Waals surface area (Å²) in [7, 11) is 0. The molecular weight excluding hydrogens is 413 g/mol. The van der Waals surface area contributed by atoms with Crippen LogP contribution in [0.15, 0.2) is 89.7 Å². The zero-order valence-electron chi connectivity index (χ0n) is 16.8. The second-order valence-corrected chi connectivity index (χ2v) is 7.98. The van der Waals surface area contributed by atoms with Crippen LogP contribution in [0.2, 0.25) is 0 Å². The van der Waals surface area contributed by atoms with Crippen molar-refractivity contribution in [1.82, 2.24) is 20.1 Å². The third-order valence-electron chi connectivity index (χ3n) is 5.17. The molecule has 6 nitrogen and oxygen atoms in total. The predicted molar refractivity (Wildman–Crippen MR) is 121 cm³/mol. The van der Waals surface area contributed by atoms with Gasteiger partial charge in [-0.05, 0) is 36.8 Å². The van der Waals surface area contributed by atoms with Gasteiger partial charge in [-0.2, -0.15) is 0 Å². The lowest BCUT2D eigenvalue weighted by molar-refractivity contribution is 0.370. The van der Waals surface area contributed by atoms with Crippen LogP contribution >= 0.6 is 11.3 Å². The number of benzene rings is 2. The first-order valence-electron chi connectivity index (χ1n) is 9.85. The first kappa shape index (κ1) is 19.3. The molecule has 0 bridgehead atoms. The van der Waals surface area contributed by atoms with Crippen LogP contribution in [-0.4, -0.2) is 27.4 Å². The molecule has 1 aromatic heterocycles. The lowest BCUT2D eigenvalue weighted by Gasteiger charge is -2.31. The average Bonchev–Trinajstić information content (AvgIpc) is 3.30. The van der Waals surface area contributed by atoms with E-state index >= 15 is 0 Å². The number of hydrogen-bond acceptors (Lipinski definition) is 7. The standard InChI is InChI=1S/C23H20FN5OS/c1-16(17-5-7-18(24)8-6-17)28-9-11-29(12-10-28)21-13-22(26-14-25-21)30-19-3-2-4-20-23(19)27-15-31-20/h2-13,15-16,25H,14H2,1H3. The van der Waals surface area contributed by atoms with E-state index in [1.54, 1.807) is 11.3 Å². The number of nitrogens with one attached hydrogen (secondary N) is 1. The Hall–Kier alpha value is -3.65. The van der Waals surface area contributed by atoms with E-state index in [4.69, 9.17) is 4.74 Å². The summed E-state index contributed by atoms with van der Waals surface area (Å²) >= 11 is 1.58. The normalized spacial score (nSPS) is 16.7. The predicted octanol–water partition coefficient (Wildman–Crippen LogP) is 4.94. The molecule has 0 spiro atoms. The van der Waals surface area contributed by atoms with E-state index in [1.807, 2.05) is 71.6 Å². The minimum Gasteiger partial charge on any atom is -0.437 e. The van der Waals surface area contributed by atoms with E-state index in [9.17, 15) is 4.39 Å². The van der Waals surface area contributed by atoms with Crippen LogP contribution in [0.1, 0.15) is 18.5 Å². The van der Waals surface area contributed by atoms with Gasteiger partial charge in [-0.25, -0.2) is 14.4 Å². The number of para-hydroxylation sites is 1. The van der Waals surface area contributed by atoms with Gasteiger partial charge in [-0.1, -0.05) is 18.2 Å². The number of fused-ring (bicyclic) bond motifs is 1. The molecule has 0 saturated heterocycles. The lowest BCUT2D eigenvalue weighted by Crippen LogP contribution is -2.32. The monoisotopic (exact) mass is 433 g/mol. The SMILES string of the molecule is CC(c1ccc(F)cc1)N1C=CN(C2=CC(Oc3cccc4scnc34)=NCN2)C=C1. The quantitative estimate of drug-likeness (QED) is 0.632. The number of aliphatic imine (C=N–C) groups is 1. The molecule has 0 fully saturated rings. The molecule has 2 aliphatic rings. The molecular formula is C23H20FN5OS. The summed E-state index contributed by atoms with van der Waals surface area (Å²) in [5.74, 6) is 1.85. The van der Waals surface area contributed by atoms with Crippen molar-refractivity contribution < 1.29 is 9.13 Å². The highest BCUT2D eigenvalue weighted by Gasteiger charge is 2.17. The van der Waals surface area contributed by atoms with E-state index in [0.717, 1.165) is 21.6 Å². The van der Waals surface area contributed by atoms with Crippen molar-refractivity contribution in [2.24, 2.45) is 4.99 Å². The minimum absolute atomic E-state index is 0.0857. The van der Waals surface area contributed by atoms with E-state index in [-0.39, 0.29) is 11.9 Å². The summed E-state index contributed by atoms with van der Waals surface area (Å²) in [5.41, 5.74) is 3.69. The van der Waals surface area contributed by atoms with Gasteiger partial charge in [0, 0.05) is 30.9 Å². The van der Waals surface area contributed by atoms with Gasteiger partial charge in [0.05, 0.1) is 16.3 Å². The molecule has 2 aromatic carbocycles. The van der Waals surface area contributed by atoms with Crippen molar-refractivity contribution >= 4 is 27.5 Å². The Balaban J connectivity index is 1.29. The first-order chi connectivity index (χ1) is 15.2. The number of nitrogens with zero attached hydrogens (tertiary/aromatic N) is 4. The molecule has 3 heterocycles. The van der Waals surface area contributed by atoms with E-state index < -0.39 is 0 Å². The molecule has 1 unspecified atom stereocenters. The molecule has 156 valence electrons. The fourth-order valence-corrected chi connectivity index (χ4v) is 4.12. The van der Waals surface area contributed by atoms with Gasteiger partial charge in [-0.15, -0.1) is 11.3 Å². The largest absolute Gasteiger partial charge is 0.437 e. The summed E-state index contributed by atoms with van der Waals surface area (Å²) in [5, 5.41) is 3.26. The van der Waals surface area contributed by atoms with Crippen molar-refractivity contribution in [3.05, 3.63) is 96.1 Å². The summed E-state index contributed by atoms with van der Waals surface area (Å²) in [6, 6.07) is 12.5. The van der Waals surface area contributed by atoms with Gasteiger partial charge in [0.15, 0.2) is 5.75 Å². The number of rotatable bonds is 4. The third kappa shape index (κ3) is 4.02. The Morgan fingerprint density at radius 1 is 1.10 bits per heavy atom. The number of halogens is 1. The summed E-state index contributed by atoms with van der Waals surface area (Å²) in [4.78, 5) is 12.8. The Kier molecular flexibility index (Phi) is 5.13. The van der Waals surface area contributed by atoms with Crippen molar-refractivity contribution in [3.8, 4) is 5.75 Å². The van der Waals surface area contributed by atoms with Gasteiger partial charge in [0.2, 0.25) is 5.90 Å². The van der Waals surface area contributed by atoms with Crippen molar-refractivity contribution in [1.29, 1.82) is 0 Å². The van der Waals surface area contributed by atoms with E-state index in [1.165, 1.54) is 12.1 Å². The molecule has 0 amide bonds. The first-order valence-corrected chi connectivity index (χ1v) is 10.7. The highest BCUT2D eigenvalue weighted by atomic mass is 32.1. The average molecular weight is 434 g/mol. The summed E-state index contributed by atoms with van der Waals surface area (Å²) in [6.07, 6.45) is 9.76. The molecule has 0 saturated carbocycles. The molecule has 1 atom stereocenters. The fourth-order valence-electron chi connectivity index (χ4n) is 3.42. The second kappa shape index (κ2) is 8.23. The van der Waals surface area contributed by atoms with Gasteiger partial charge in [0.1, 0.15) is 23.8 Å². The number of hydrogen-bond donors (Lipinski definition) is 1. The minimum atomic E-state index is -0.229. The van der Waals surface area contributed by atoms with Crippen LogP contribution in [0.4, 0.5) is 4.39 Å². The molecule has 0 aliphatic carbocycles. The number of aromatic nitrogens is 1. The van der Waals surface area contributed by atoms with Gasteiger partial charge >= 0.3 is 0 Å². The van der Waals surface area contributed by atoms with Gasteiger partial charge in [0.25, 0.3) is 0 Å². The number of thiazole rings is 1. The topological polar surface area (TPSA) is 53.0 Å². The molecule has 5 rings (SSSR count). The maximum Gasteiger partial charge on any atom is 0.220 e.